The van der Waals surface area contributed by atoms with Gasteiger partial charge in [0.1, 0.15) is 22.9 Å². The molecule has 3 aromatic rings. The number of aromatic amines is 1. The van der Waals surface area contributed by atoms with Crippen LogP contribution in [-0.2, 0) is 6.42 Å². The third kappa shape index (κ3) is 3.03. The summed E-state index contributed by atoms with van der Waals surface area (Å²) in [6.45, 7) is 2.04. The average molecular weight is 421 g/mol. The molecular formula is C17H16IN3O2. The molecule has 0 fully saturated rings. The van der Waals surface area contributed by atoms with E-state index < -0.39 is 0 Å². The Labute approximate surface area is 147 Å². The predicted molar refractivity (Wildman–Crippen MR) is 97.6 cm³/mol. The van der Waals surface area contributed by atoms with Crippen LogP contribution in [0.3, 0.4) is 0 Å². The van der Waals surface area contributed by atoms with Gasteiger partial charge in [0, 0.05) is 20.8 Å². The van der Waals surface area contributed by atoms with Crippen molar-refractivity contribution in [3.63, 3.8) is 0 Å². The second-order valence-electron chi connectivity index (χ2n) is 5.06. The van der Waals surface area contributed by atoms with E-state index in [0.29, 0.717) is 22.7 Å². The van der Waals surface area contributed by atoms with Crippen LogP contribution in [0.5, 0.6) is 11.5 Å². The highest BCUT2D eigenvalue weighted by Crippen LogP contribution is 2.38. The van der Waals surface area contributed by atoms with Gasteiger partial charge in [0.15, 0.2) is 0 Å². The van der Waals surface area contributed by atoms with E-state index in [1.165, 1.54) is 0 Å². The Hall–Kier alpha value is -2.09. The molecule has 1 heterocycles. The number of methoxy groups -OCH3 is 1. The minimum atomic E-state index is 0.125. The molecule has 0 spiro atoms. The Bertz CT molecular complexity index is 828. The van der Waals surface area contributed by atoms with Crippen LogP contribution in [0.1, 0.15) is 12.5 Å². The second-order valence-corrected chi connectivity index (χ2v) is 6.31. The molecule has 5 nitrogen and oxygen atoms in total. The minimum Gasteiger partial charge on any atom is -0.507 e. The molecule has 0 bridgehead atoms. The molecule has 0 unspecified atom stereocenters. The molecule has 0 aliphatic heterocycles. The maximum Gasteiger partial charge on any atom is 0.128 e. The number of H-pyrrole nitrogens is 1. The average Bonchev–Trinajstić information content (AvgIpc) is 3.04. The van der Waals surface area contributed by atoms with E-state index in [1.54, 1.807) is 13.2 Å². The molecule has 23 heavy (non-hydrogen) atoms. The number of aryl methyl sites for hydroxylation is 1. The fraction of sp³-hybridized carbons (Fsp3) is 0.176. The molecule has 0 radical (unpaired) electrons. The summed E-state index contributed by atoms with van der Waals surface area (Å²) < 4.78 is 6.46. The molecule has 0 aliphatic carbocycles. The number of nitrogens with zero attached hydrogens (tertiary/aromatic N) is 2. The molecule has 118 valence electrons. The molecular weight excluding hydrogens is 405 g/mol. The summed E-state index contributed by atoms with van der Waals surface area (Å²) in [5.41, 5.74) is 3.94. The summed E-state index contributed by atoms with van der Waals surface area (Å²) >= 11 is 2.26. The van der Waals surface area contributed by atoms with Gasteiger partial charge in [-0.2, -0.15) is 15.4 Å². The number of halogens is 1. The fourth-order valence-corrected chi connectivity index (χ4v) is 2.86. The SMILES string of the molecule is CCc1cc(-c2n[nH]nc2-c2ccc(I)cc2)c(O)cc1OC. The summed E-state index contributed by atoms with van der Waals surface area (Å²) in [4.78, 5) is 0. The zero-order chi connectivity index (χ0) is 16.4. The highest BCUT2D eigenvalue weighted by molar-refractivity contribution is 14.1. The smallest absolute Gasteiger partial charge is 0.128 e. The topological polar surface area (TPSA) is 71.0 Å². The number of aromatic nitrogens is 3. The van der Waals surface area contributed by atoms with Crippen molar-refractivity contribution in [3.05, 3.63) is 45.5 Å². The maximum atomic E-state index is 10.4. The summed E-state index contributed by atoms with van der Waals surface area (Å²) in [6, 6.07) is 11.5. The van der Waals surface area contributed by atoms with E-state index in [0.717, 1.165) is 21.1 Å². The van der Waals surface area contributed by atoms with Crippen LogP contribution >= 0.6 is 22.6 Å². The number of phenols is 1. The molecule has 0 amide bonds. The Morgan fingerprint density at radius 3 is 2.48 bits per heavy atom. The Balaban J connectivity index is 2.13. The van der Waals surface area contributed by atoms with Crippen molar-refractivity contribution in [2.45, 2.75) is 13.3 Å². The second kappa shape index (κ2) is 6.57. The van der Waals surface area contributed by atoms with Crippen molar-refractivity contribution in [3.8, 4) is 34.0 Å². The number of nitrogens with one attached hydrogen (secondary N) is 1. The molecule has 6 heteroatoms. The van der Waals surface area contributed by atoms with Crippen molar-refractivity contribution >= 4 is 22.6 Å². The van der Waals surface area contributed by atoms with Gasteiger partial charge in [-0.3, -0.25) is 0 Å². The normalized spacial score (nSPS) is 10.7. The van der Waals surface area contributed by atoms with E-state index in [-0.39, 0.29) is 5.75 Å². The van der Waals surface area contributed by atoms with Crippen molar-refractivity contribution in [2.75, 3.05) is 7.11 Å². The van der Waals surface area contributed by atoms with Gasteiger partial charge < -0.3 is 9.84 Å². The first-order valence-electron chi connectivity index (χ1n) is 7.21. The lowest BCUT2D eigenvalue weighted by Crippen LogP contribution is -1.93. The zero-order valence-electron chi connectivity index (χ0n) is 12.8. The number of phenolic OH excluding ortho intramolecular Hbond substituents is 1. The van der Waals surface area contributed by atoms with Gasteiger partial charge in [-0.05, 0) is 52.8 Å². The van der Waals surface area contributed by atoms with Crippen molar-refractivity contribution in [2.24, 2.45) is 0 Å². The molecule has 2 aromatic carbocycles. The Kier molecular flexibility index (Phi) is 4.51. The van der Waals surface area contributed by atoms with Gasteiger partial charge in [0.2, 0.25) is 0 Å². The molecule has 0 saturated carbocycles. The number of ether oxygens (including phenoxy) is 1. The molecule has 2 N–H and O–H groups in total. The van der Waals surface area contributed by atoms with Crippen LogP contribution in [0.2, 0.25) is 0 Å². The number of hydrogen-bond donors (Lipinski definition) is 2. The summed E-state index contributed by atoms with van der Waals surface area (Å²) in [5.74, 6) is 0.799. The van der Waals surface area contributed by atoms with Gasteiger partial charge >= 0.3 is 0 Å². The van der Waals surface area contributed by atoms with Crippen LogP contribution in [0.15, 0.2) is 36.4 Å². The van der Waals surface area contributed by atoms with E-state index in [2.05, 4.69) is 38.0 Å². The van der Waals surface area contributed by atoms with E-state index >= 15 is 0 Å². The monoisotopic (exact) mass is 421 g/mol. The van der Waals surface area contributed by atoms with Gasteiger partial charge in [-0.25, -0.2) is 0 Å². The summed E-state index contributed by atoms with van der Waals surface area (Å²) in [7, 11) is 1.60. The van der Waals surface area contributed by atoms with Crippen molar-refractivity contribution < 1.29 is 9.84 Å². The van der Waals surface area contributed by atoms with Gasteiger partial charge in [0.05, 0.1) is 7.11 Å². The van der Waals surface area contributed by atoms with Crippen molar-refractivity contribution in [1.82, 2.24) is 15.4 Å². The predicted octanol–water partition coefficient (Wildman–Crippen LogP) is 4.02. The highest BCUT2D eigenvalue weighted by Gasteiger charge is 2.18. The van der Waals surface area contributed by atoms with Crippen LogP contribution < -0.4 is 4.74 Å². The number of rotatable bonds is 4. The summed E-state index contributed by atoms with van der Waals surface area (Å²) in [6.07, 6.45) is 0.799. The zero-order valence-corrected chi connectivity index (χ0v) is 15.0. The maximum absolute atomic E-state index is 10.4. The van der Waals surface area contributed by atoms with E-state index in [4.69, 9.17) is 4.74 Å². The van der Waals surface area contributed by atoms with Gasteiger partial charge in [-0.1, -0.05) is 19.1 Å². The number of hydrogen-bond acceptors (Lipinski definition) is 4. The molecule has 1 aromatic heterocycles. The largest absolute Gasteiger partial charge is 0.507 e. The first-order valence-corrected chi connectivity index (χ1v) is 8.28. The molecule has 0 atom stereocenters. The summed E-state index contributed by atoms with van der Waals surface area (Å²) in [5, 5.41) is 21.5. The Morgan fingerprint density at radius 2 is 1.83 bits per heavy atom. The quantitative estimate of drug-likeness (QED) is 0.625. The van der Waals surface area contributed by atoms with Gasteiger partial charge in [-0.15, -0.1) is 0 Å². The standard InChI is InChI=1S/C17H16IN3O2/c1-3-10-8-13(14(22)9-15(10)23-2)17-16(19-21-20-17)11-4-6-12(18)7-5-11/h4-9,22H,3H2,1-2H3,(H,19,20,21). The lowest BCUT2D eigenvalue weighted by Gasteiger charge is -2.11. The Morgan fingerprint density at radius 1 is 1.13 bits per heavy atom. The minimum absolute atomic E-state index is 0.125. The molecule has 0 saturated heterocycles. The van der Waals surface area contributed by atoms with E-state index in [1.807, 2.05) is 37.3 Å². The van der Waals surface area contributed by atoms with E-state index in [9.17, 15) is 5.11 Å². The third-order valence-corrected chi connectivity index (χ3v) is 4.42. The third-order valence-electron chi connectivity index (χ3n) is 3.70. The lowest BCUT2D eigenvalue weighted by molar-refractivity contribution is 0.403. The van der Waals surface area contributed by atoms with Gasteiger partial charge in [0.25, 0.3) is 0 Å². The van der Waals surface area contributed by atoms with Crippen LogP contribution in [-0.4, -0.2) is 27.6 Å². The van der Waals surface area contributed by atoms with Crippen LogP contribution in [0, 0.1) is 3.57 Å². The first kappa shape index (κ1) is 15.8. The first-order chi connectivity index (χ1) is 11.1. The molecule has 3 rings (SSSR count). The molecule has 0 aliphatic rings. The number of aromatic hydroxyl groups is 1. The number of benzene rings is 2. The lowest BCUT2D eigenvalue weighted by atomic mass is 10.0. The van der Waals surface area contributed by atoms with Crippen LogP contribution in [0.25, 0.3) is 22.5 Å². The highest BCUT2D eigenvalue weighted by atomic mass is 127. The van der Waals surface area contributed by atoms with Crippen molar-refractivity contribution in [1.29, 1.82) is 0 Å². The van der Waals surface area contributed by atoms with Crippen LogP contribution in [0.4, 0.5) is 0 Å². The fourth-order valence-electron chi connectivity index (χ4n) is 2.50.